The highest BCUT2D eigenvalue weighted by atomic mass is 16.5. The largest absolute Gasteiger partial charge is 0.504 e. The van der Waals surface area contributed by atoms with Crippen LogP contribution in [0.2, 0.25) is 0 Å². The molecule has 0 unspecified atom stereocenters. The summed E-state index contributed by atoms with van der Waals surface area (Å²) in [6, 6.07) is 9.64. The number of phenols is 1. The number of aromatic nitrogens is 1. The van der Waals surface area contributed by atoms with E-state index in [0.717, 1.165) is 59.6 Å². The zero-order chi connectivity index (χ0) is 23.7. The van der Waals surface area contributed by atoms with Crippen molar-refractivity contribution in [1.82, 2.24) is 9.88 Å². The number of H-pyrrole nitrogens is 1. The summed E-state index contributed by atoms with van der Waals surface area (Å²) in [5, 5.41) is 24.7. The molecule has 3 aliphatic carbocycles. The van der Waals surface area contributed by atoms with Crippen molar-refractivity contribution in [1.29, 1.82) is 0 Å². The Hall–Kier alpha value is -3.23. The number of benzene rings is 2. The van der Waals surface area contributed by atoms with Gasteiger partial charge in [-0.25, -0.2) is 4.99 Å². The van der Waals surface area contributed by atoms with E-state index in [2.05, 4.69) is 14.9 Å². The Kier molecular flexibility index (Phi) is 3.60. The number of nitrogens with one attached hydrogen (secondary N) is 1. The molecule has 1 aromatic heterocycles. The molecule has 3 aromatic rings. The topological polar surface area (TPSA) is 133 Å². The smallest absolute Gasteiger partial charge is 0.191 e. The standard InChI is InChI=1S/C27H29N5O3/c28-25(29)30-15-4-5-18-16(10-15)17-11-27(34)20-9-14-3-6-19(33)23-21(14)26(27,24(35-23)22(17)31-18)7-8-32(20)12-13-1-2-13/h3-6,10,13,20,24,31,33-34H,1-2,7-9,11-12H2,(H4,28,29,30)/t20-,24-,26+,27-/m0/s1. The number of nitrogens with two attached hydrogens (primary N) is 2. The average Bonchev–Trinajstić information content (AvgIpc) is 3.46. The van der Waals surface area contributed by atoms with Gasteiger partial charge in [0.05, 0.1) is 22.4 Å². The molecule has 4 atom stereocenters. The van der Waals surface area contributed by atoms with E-state index in [4.69, 9.17) is 16.2 Å². The normalized spacial score (nSPS) is 32.1. The Balaban J connectivity index is 1.38. The van der Waals surface area contributed by atoms with Crippen molar-refractivity contribution < 1.29 is 14.9 Å². The van der Waals surface area contributed by atoms with Gasteiger partial charge in [0.2, 0.25) is 0 Å². The van der Waals surface area contributed by atoms with Gasteiger partial charge >= 0.3 is 0 Å². The number of phenolic OH excluding ortho intramolecular Hbond substituents is 1. The number of hydrogen-bond donors (Lipinski definition) is 5. The average molecular weight is 472 g/mol. The van der Waals surface area contributed by atoms with E-state index in [1.807, 2.05) is 24.3 Å². The molecule has 1 saturated carbocycles. The summed E-state index contributed by atoms with van der Waals surface area (Å²) in [6.45, 7) is 1.98. The van der Waals surface area contributed by atoms with Crippen LogP contribution in [0.25, 0.3) is 10.9 Å². The second-order valence-corrected chi connectivity index (χ2v) is 11.2. The fourth-order valence-corrected chi connectivity index (χ4v) is 7.83. The van der Waals surface area contributed by atoms with Gasteiger partial charge in [-0.2, -0.15) is 0 Å². The first-order valence-corrected chi connectivity index (χ1v) is 12.6. The SMILES string of the molecule is NC(N)=Nc1ccc2[nH]c3c(c2c1)C[C@]1(O)[C@@H]2Cc4ccc(O)c5c4[C@]1(CCN2CC1CC1)[C@H]3O5. The number of nitrogens with zero attached hydrogens (tertiary/aromatic N) is 2. The third-order valence-electron chi connectivity index (χ3n) is 9.40. The number of aromatic hydroxyl groups is 1. The zero-order valence-electron chi connectivity index (χ0n) is 19.4. The molecule has 1 spiro atoms. The Bertz CT molecular complexity index is 1450. The molecule has 0 amide bonds. The molecular formula is C27H29N5O3. The van der Waals surface area contributed by atoms with E-state index in [1.165, 1.54) is 18.4 Å². The number of fused-ring (bicyclic) bond motifs is 4. The molecule has 35 heavy (non-hydrogen) atoms. The molecule has 2 aliphatic heterocycles. The Labute approximate surface area is 202 Å². The van der Waals surface area contributed by atoms with Gasteiger partial charge in [0.1, 0.15) is 0 Å². The Morgan fingerprint density at radius 3 is 2.89 bits per heavy atom. The maximum absolute atomic E-state index is 12.9. The Morgan fingerprint density at radius 2 is 2.09 bits per heavy atom. The van der Waals surface area contributed by atoms with Gasteiger partial charge in [0.25, 0.3) is 0 Å². The van der Waals surface area contributed by atoms with Gasteiger partial charge in [-0.3, -0.25) is 4.90 Å². The van der Waals surface area contributed by atoms with Crippen LogP contribution in [0.4, 0.5) is 5.69 Å². The van der Waals surface area contributed by atoms with Gasteiger partial charge in [0, 0.05) is 35.5 Å². The Morgan fingerprint density at radius 1 is 1.23 bits per heavy atom. The van der Waals surface area contributed by atoms with Crippen LogP contribution in [0.15, 0.2) is 35.3 Å². The van der Waals surface area contributed by atoms with Crippen molar-refractivity contribution in [2.45, 2.75) is 55.3 Å². The molecule has 2 fully saturated rings. The summed E-state index contributed by atoms with van der Waals surface area (Å²) in [5.41, 5.74) is 15.6. The summed E-state index contributed by atoms with van der Waals surface area (Å²) in [5.74, 6) is 1.46. The van der Waals surface area contributed by atoms with E-state index >= 15 is 0 Å². The van der Waals surface area contributed by atoms with Gasteiger partial charge in [-0.05, 0) is 73.5 Å². The summed E-state index contributed by atoms with van der Waals surface area (Å²) < 4.78 is 6.63. The van der Waals surface area contributed by atoms with E-state index in [0.29, 0.717) is 17.9 Å². The predicted molar refractivity (Wildman–Crippen MR) is 132 cm³/mol. The highest BCUT2D eigenvalue weighted by Crippen LogP contribution is 2.69. The maximum Gasteiger partial charge on any atom is 0.191 e. The maximum atomic E-state index is 12.9. The summed E-state index contributed by atoms with van der Waals surface area (Å²) in [4.78, 5) is 10.4. The molecule has 2 bridgehead atoms. The molecule has 8 rings (SSSR count). The number of piperidine rings is 1. The third kappa shape index (κ3) is 2.37. The minimum Gasteiger partial charge on any atom is -0.504 e. The zero-order valence-corrected chi connectivity index (χ0v) is 19.4. The number of ether oxygens (including phenoxy) is 1. The van der Waals surface area contributed by atoms with E-state index in [-0.39, 0.29) is 23.9 Å². The first kappa shape index (κ1) is 20.0. The minimum absolute atomic E-state index is 0.00457. The number of hydrogen-bond acceptors (Lipinski definition) is 5. The van der Waals surface area contributed by atoms with Crippen molar-refractivity contribution in [3.8, 4) is 11.5 Å². The molecule has 180 valence electrons. The first-order chi connectivity index (χ1) is 16.9. The summed E-state index contributed by atoms with van der Waals surface area (Å²) in [7, 11) is 0. The fourth-order valence-electron chi connectivity index (χ4n) is 7.83. The number of likely N-dealkylation sites (tertiary alicyclic amines) is 1. The minimum atomic E-state index is -1.01. The quantitative estimate of drug-likeness (QED) is 0.294. The molecule has 8 heteroatoms. The number of aromatic amines is 1. The number of aliphatic hydroxyl groups is 1. The van der Waals surface area contributed by atoms with Crippen LogP contribution >= 0.6 is 0 Å². The van der Waals surface area contributed by atoms with Crippen molar-refractivity contribution in [3.63, 3.8) is 0 Å². The summed E-state index contributed by atoms with van der Waals surface area (Å²) >= 11 is 0. The molecule has 7 N–H and O–H groups in total. The lowest BCUT2D eigenvalue weighted by Crippen LogP contribution is -2.74. The lowest BCUT2D eigenvalue weighted by molar-refractivity contribution is -0.173. The van der Waals surface area contributed by atoms with Crippen LogP contribution in [0.5, 0.6) is 11.5 Å². The fraction of sp³-hybridized carbons (Fsp3) is 0.444. The van der Waals surface area contributed by atoms with Crippen LogP contribution in [-0.2, 0) is 18.3 Å². The van der Waals surface area contributed by atoms with Crippen molar-refractivity contribution >= 4 is 22.5 Å². The van der Waals surface area contributed by atoms with E-state index in [1.54, 1.807) is 6.07 Å². The lowest BCUT2D eigenvalue weighted by Gasteiger charge is -2.62. The van der Waals surface area contributed by atoms with Crippen molar-refractivity contribution in [2.75, 3.05) is 13.1 Å². The van der Waals surface area contributed by atoms with Crippen LogP contribution in [0.1, 0.15) is 47.8 Å². The lowest BCUT2D eigenvalue weighted by atomic mass is 9.49. The summed E-state index contributed by atoms with van der Waals surface area (Å²) in [6.07, 6.45) is 4.27. The highest BCUT2D eigenvalue weighted by molar-refractivity contribution is 5.90. The van der Waals surface area contributed by atoms with E-state index in [9.17, 15) is 10.2 Å². The van der Waals surface area contributed by atoms with Crippen LogP contribution in [0, 0.1) is 5.92 Å². The predicted octanol–water partition coefficient (Wildman–Crippen LogP) is 2.48. The van der Waals surface area contributed by atoms with Crippen LogP contribution < -0.4 is 16.2 Å². The highest BCUT2D eigenvalue weighted by Gasteiger charge is 2.72. The van der Waals surface area contributed by atoms with Crippen LogP contribution in [-0.4, -0.2) is 50.8 Å². The third-order valence-corrected chi connectivity index (χ3v) is 9.40. The van der Waals surface area contributed by atoms with Gasteiger partial charge in [-0.1, -0.05) is 6.07 Å². The van der Waals surface area contributed by atoms with Gasteiger partial charge in [-0.15, -0.1) is 0 Å². The number of aliphatic imine (C=N–C) groups is 1. The van der Waals surface area contributed by atoms with Gasteiger partial charge in [0.15, 0.2) is 23.6 Å². The number of guanidine groups is 1. The van der Waals surface area contributed by atoms with Crippen molar-refractivity contribution in [2.24, 2.45) is 22.4 Å². The number of rotatable bonds is 3. The molecule has 0 radical (unpaired) electrons. The molecule has 5 aliphatic rings. The second kappa shape index (κ2) is 6.30. The second-order valence-electron chi connectivity index (χ2n) is 11.2. The molecule has 2 aromatic carbocycles. The first-order valence-electron chi connectivity index (χ1n) is 12.6. The molecule has 8 nitrogen and oxygen atoms in total. The van der Waals surface area contributed by atoms with E-state index < -0.39 is 11.0 Å². The van der Waals surface area contributed by atoms with Gasteiger partial charge < -0.3 is 31.4 Å². The molecule has 3 heterocycles. The molecule has 1 saturated heterocycles. The van der Waals surface area contributed by atoms with Crippen molar-refractivity contribution in [3.05, 3.63) is 52.7 Å². The van der Waals surface area contributed by atoms with Crippen LogP contribution in [0.3, 0.4) is 0 Å². The monoisotopic (exact) mass is 471 g/mol. The molecular weight excluding hydrogens is 442 g/mol.